The van der Waals surface area contributed by atoms with Crippen molar-refractivity contribution >= 4 is 33.5 Å². The van der Waals surface area contributed by atoms with Gasteiger partial charge in [-0.1, -0.05) is 6.92 Å². The third-order valence-electron chi connectivity index (χ3n) is 4.58. The number of anilines is 1. The highest BCUT2D eigenvalue weighted by Gasteiger charge is 2.24. The van der Waals surface area contributed by atoms with Crippen LogP contribution in [0.2, 0.25) is 0 Å². The molecule has 3 heterocycles. The zero-order valence-corrected chi connectivity index (χ0v) is 14.2. The normalized spacial score (nSPS) is 18.0. The first-order chi connectivity index (χ1) is 12.0. The molecule has 0 fully saturated rings. The van der Waals surface area contributed by atoms with Crippen molar-refractivity contribution in [2.45, 2.75) is 13.8 Å². The van der Waals surface area contributed by atoms with Gasteiger partial charge in [0.15, 0.2) is 0 Å². The Hall–Kier alpha value is -3.00. The van der Waals surface area contributed by atoms with E-state index < -0.39 is 0 Å². The highest BCUT2D eigenvalue weighted by Crippen LogP contribution is 2.38. The van der Waals surface area contributed by atoms with Gasteiger partial charge in [-0.05, 0) is 19.1 Å². The molecule has 2 aromatic heterocycles. The summed E-state index contributed by atoms with van der Waals surface area (Å²) in [7, 11) is 1.61. The summed E-state index contributed by atoms with van der Waals surface area (Å²) < 4.78 is 5.60. The summed E-state index contributed by atoms with van der Waals surface area (Å²) >= 11 is 0. The lowest BCUT2D eigenvalue weighted by atomic mass is 9.90. The maximum atomic E-state index is 12.3. The lowest BCUT2D eigenvalue weighted by Crippen LogP contribution is -2.28. The van der Waals surface area contributed by atoms with Crippen LogP contribution in [0.3, 0.4) is 0 Å². The molecular formula is C17H19N5O3. The molecule has 130 valence electrons. The van der Waals surface area contributed by atoms with E-state index in [1.165, 1.54) is 0 Å². The number of nitrogens with one attached hydrogen (secondary N) is 3. The molecule has 0 saturated carbocycles. The third-order valence-corrected chi connectivity index (χ3v) is 4.58. The Bertz CT molecular complexity index is 1080. The fourth-order valence-electron chi connectivity index (χ4n) is 3.46. The van der Waals surface area contributed by atoms with Crippen LogP contribution in [0.25, 0.3) is 27.5 Å². The van der Waals surface area contributed by atoms with Crippen molar-refractivity contribution in [1.82, 2.24) is 20.4 Å². The van der Waals surface area contributed by atoms with E-state index in [1.54, 1.807) is 7.11 Å². The van der Waals surface area contributed by atoms with Crippen LogP contribution in [0.5, 0.6) is 5.75 Å². The molecule has 0 saturated heterocycles. The number of ether oxygens (including phenoxy) is 1. The van der Waals surface area contributed by atoms with Gasteiger partial charge in [0.25, 0.3) is 5.56 Å². The summed E-state index contributed by atoms with van der Waals surface area (Å²) in [5.41, 5.74) is 11.5. The van der Waals surface area contributed by atoms with Gasteiger partial charge >= 0.3 is 0 Å². The number of aromatic nitrogens is 3. The molecule has 0 spiro atoms. The monoisotopic (exact) mass is 341 g/mol. The van der Waals surface area contributed by atoms with Crippen molar-refractivity contribution in [2.75, 3.05) is 19.4 Å². The topological polar surface area (TPSA) is 118 Å². The van der Waals surface area contributed by atoms with Crippen LogP contribution in [-0.4, -0.2) is 28.6 Å². The highest BCUT2D eigenvalue weighted by atomic mass is 16.6. The van der Waals surface area contributed by atoms with Gasteiger partial charge in [0.05, 0.1) is 12.5 Å². The van der Waals surface area contributed by atoms with Crippen molar-refractivity contribution < 1.29 is 9.57 Å². The smallest absolute Gasteiger partial charge is 0.262 e. The van der Waals surface area contributed by atoms with Gasteiger partial charge in [-0.3, -0.25) is 9.78 Å². The molecule has 1 aliphatic rings. The Morgan fingerprint density at radius 2 is 2.16 bits per heavy atom. The molecule has 1 aromatic carbocycles. The van der Waals surface area contributed by atoms with Gasteiger partial charge in [-0.2, -0.15) is 10.5 Å². The number of methoxy groups -OCH3 is 1. The molecule has 1 aliphatic heterocycles. The van der Waals surface area contributed by atoms with E-state index in [1.807, 2.05) is 19.1 Å². The first-order valence-corrected chi connectivity index (χ1v) is 7.99. The predicted octanol–water partition coefficient (Wildman–Crippen LogP) is 1.90. The van der Waals surface area contributed by atoms with E-state index in [-0.39, 0.29) is 17.4 Å². The number of hydrogen-bond acceptors (Lipinski definition) is 6. The van der Waals surface area contributed by atoms with Crippen LogP contribution in [-0.2, 0) is 4.84 Å². The number of H-pyrrole nitrogens is 2. The number of hydroxylamine groups is 1. The molecule has 1 unspecified atom stereocenters. The SMILES string of the molecule is COc1cc2c(cc1C1=C(C)ONCC1C)[nH]c1nc(N)[nH]c(=O)c12. The fourth-order valence-corrected chi connectivity index (χ4v) is 3.46. The lowest BCUT2D eigenvalue weighted by molar-refractivity contribution is 0.0880. The first-order valence-electron chi connectivity index (χ1n) is 7.99. The number of fused-ring (bicyclic) bond motifs is 3. The second-order valence-electron chi connectivity index (χ2n) is 6.22. The van der Waals surface area contributed by atoms with Crippen LogP contribution in [0.1, 0.15) is 19.4 Å². The van der Waals surface area contributed by atoms with E-state index >= 15 is 0 Å². The van der Waals surface area contributed by atoms with E-state index in [0.717, 1.165) is 27.8 Å². The predicted molar refractivity (Wildman–Crippen MR) is 96.0 cm³/mol. The average Bonchev–Trinajstić information content (AvgIpc) is 2.90. The molecule has 1 atom stereocenters. The van der Waals surface area contributed by atoms with Crippen LogP contribution in [0.4, 0.5) is 5.95 Å². The number of nitrogen functional groups attached to an aromatic ring is 1. The standard InChI is InChI=1S/C17H19N5O3/c1-7-6-19-25-8(2)13(7)10-4-11-9(5-12(10)24-3)14-15(20-11)21-17(18)22-16(14)23/h4-5,7,19H,6H2,1-3H3,(H4,18,20,21,22,23). The number of benzene rings is 1. The Balaban J connectivity index is 2.05. The van der Waals surface area contributed by atoms with Crippen LogP contribution in [0, 0.1) is 5.92 Å². The van der Waals surface area contributed by atoms with Crippen LogP contribution < -0.4 is 21.5 Å². The number of nitrogens with two attached hydrogens (primary N) is 1. The minimum absolute atomic E-state index is 0.0789. The van der Waals surface area contributed by atoms with Crippen molar-refractivity contribution in [3.05, 3.63) is 33.8 Å². The fraction of sp³-hybridized carbons (Fsp3) is 0.294. The summed E-state index contributed by atoms with van der Waals surface area (Å²) in [6.07, 6.45) is 0. The number of allylic oxidation sites excluding steroid dienone is 1. The van der Waals surface area contributed by atoms with Gasteiger partial charge < -0.3 is 20.3 Å². The minimum Gasteiger partial charge on any atom is -0.496 e. The van der Waals surface area contributed by atoms with E-state index in [2.05, 4.69) is 27.4 Å². The molecule has 0 radical (unpaired) electrons. The Labute approximate surface area is 143 Å². The molecular weight excluding hydrogens is 322 g/mol. The van der Waals surface area contributed by atoms with Crippen molar-refractivity contribution in [2.24, 2.45) is 5.92 Å². The molecule has 5 N–H and O–H groups in total. The zero-order chi connectivity index (χ0) is 17.7. The maximum Gasteiger partial charge on any atom is 0.262 e. The van der Waals surface area contributed by atoms with E-state index in [0.29, 0.717) is 23.3 Å². The average molecular weight is 341 g/mol. The number of hydrogen-bond donors (Lipinski definition) is 4. The molecule has 8 nitrogen and oxygen atoms in total. The highest BCUT2D eigenvalue weighted by molar-refractivity contribution is 6.07. The van der Waals surface area contributed by atoms with Crippen LogP contribution in [0.15, 0.2) is 22.7 Å². The molecule has 3 aromatic rings. The second kappa shape index (κ2) is 5.52. The Morgan fingerprint density at radius 3 is 2.88 bits per heavy atom. The van der Waals surface area contributed by atoms with Gasteiger partial charge in [0.2, 0.25) is 5.95 Å². The third kappa shape index (κ3) is 2.33. The second-order valence-corrected chi connectivity index (χ2v) is 6.22. The largest absolute Gasteiger partial charge is 0.496 e. The number of aromatic amines is 2. The van der Waals surface area contributed by atoms with Crippen molar-refractivity contribution in [1.29, 1.82) is 0 Å². The zero-order valence-electron chi connectivity index (χ0n) is 14.2. The van der Waals surface area contributed by atoms with Gasteiger partial charge in [0.1, 0.15) is 17.2 Å². The molecule has 0 aliphatic carbocycles. The van der Waals surface area contributed by atoms with Gasteiger partial charge in [0, 0.05) is 34.5 Å². The quantitative estimate of drug-likeness (QED) is 0.565. The lowest BCUT2D eigenvalue weighted by Gasteiger charge is -2.26. The Morgan fingerprint density at radius 1 is 1.36 bits per heavy atom. The van der Waals surface area contributed by atoms with Crippen molar-refractivity contribution in [3.63, 3.8) is 0 Å². The summed E-state index contributed by atoms with van der Waals surface area (Å²) in [6.45, 7) is 4.74. The molecule has 0 amide bonds. The minimum atomic E-state index is -0.280. The maximum absolute atomic E-state index is 12.3. The van der Waals surface area contributed by atoms with Crippen LogP contribution >= 0.6 is 0 Å². The van der Waals surface area contributed by atoms with Gasteiger partial charge in [-0.25, -0.2) is 0 Å². The van der Waals surface area contributed by atoms with E-state index in [9.17, 15) is 4.79 Å². The van der Waals surface area contributed by atoms with E-state index in [4.69, 9.17) is 15.3 Å². The number of nitrogens with zero attached hydrogens (tertiary/aromatic N) is 1. The molecule has 0 bridgehead atoms. The molecule has 8 heteroatoms. The summed E-state index contributed by atoms with van der Waals surface area (Å²) in [4.78, 5) is 27.7. The Kier molecular flexibility index (Phi) is 3.43. The number of rotatable bonds is 2. The summed E-state index contributed by atoms with van der Waals surface area (Å²) in [5, 5.41) is 1.21. The molecule has 25 heavy (non-hydrogen) atoms. The first kappa shape index (κ1) is 15.5. The van der Waals surface area contributed by atoms with Gasteiger partial charge in [-0.15, -0.1) is 0 Å². The van der Waals surface area contributed by atoms with Crippen molar-refractivity contribution in [3.8, 4) is 5.75 Å². The summed E-state index contributed by atoms with van der Waals surface area (Å²) in [6, 6.07) is 3.82. The molecule has 4 rings (SSSR count). The summed E-state index contributed by atoms with van der Waals surface area (Å²) in [5.74, 6) is 1.81.